The highest BCUT2D eigenvalue weighted by molar-refractivity contribution is 15.0. The van der Waals surface area contributed by atoms with Crippen molar-refractivity contribution in [2.24, 2.45) is 0 Å². The highest BCUT2D eigenvalue weighted by Gasteiger charge is 2.09. The Balaban J connectivity index is -0.0000000564. The van der Waals surface area contributed by atoms with Crippen molar-refractivity contribution in [2.45, 2.75) is 38.0 Å². The molecule has 0 rings (SSSR count). The summed E-state index contributed by atoms with van der Waals surface area (Å²) < 4.78 is 5.53. The largest absolute Gasteiger partial charge is 0.637 e. The lowest BCUT2D eigenvalue weighted by Gasteiger charge is -2.03. The zero-order valence-electron chi connectivity index (χ0n) is 6.32. The lowest BCUT2D eigenvalue weighted by Crippen LogP contribution is -2.17. The normalized spacial score (nSPS) is 6.00. The monoisotopic (exact) mass is 416 g/mol. The molecule has 11 heavy (non-hydrogen) atoms. The standard InChI is InChI=1S/2CH4.4CH3.2Al.I2.O/c;;;;;;;;1-2;/h2*1H4;4*1H3;;;;. The van der Waals surface area contributed by atoms with Crippen LogP contribution < -0.4 is 0 Å². The van der Waals surface area contributed by atoms with E-state index < -0.39 is 29.0 Å². The van der Waals surface area contributed by atoms with Gasteiger partial charge in [-0.1, -0.05) is 38.0 Å². The first-order valence-corrected chi connectivity index (χ1v) is 14.8. The molecule has 0 aromatic heterocycles. The summed E-state index contributed by atoms with van der Waals surface area (Å²) in [5, 5.41) is 0. The van der Waals surface area contributed by atoms with Crippen LogP contribution in [0.15, 0.2) is 0 Å². The van der Waals surface area contributed by atoms with Gasteiger partial charge in [0, 0.05) is 37.2 Å². The fourth-order valence-corrected chi connectivity index (χ4v) is 4.90. The molecule has 0 amide bonds. The Labute approximate surface area is 105 Å². The van der Waals surface area contributed by atoms with Gasteiger partial charge in [-0.25, -0.2) is 0 Å². The summed E-state index contributed by atoms with van der Waals surface area (Å²) in [4.78, 5) is 0. The molecular weight excluding hydrogens is 396 g/mol. The molecule has 0 spiro atoms. The van der Waals surface area contributed by atoms with E-state index in [-0.39, 0.29) is 14.9 Å². The smallest absolute Gasteiger partial charge is 0.423 e. The average Bonchev–Trinajstić information content (AvgIpc) is 1.68. The Hall–Kier alpha value is 2.48. The predicted octanol–water partition coefficient (Wildman–Crippen LogP) is 4.55. The molecule has 0 aromatic rings. The van der Waals surface area contributed by atoms with Crippen molar-refractivity contribution in [1.29, 1.82) is 0 Å². The van der Waals surface area contributed by atoms with Gasteiger partial charge in [-0.3, -0.25) is 0 Å². The van der Waals surface area contributed by atoms with Crippen molar-refractivity contribution in [3.63, 3.8) is 0 Å². The van der Waals surface area contributed by atoms with Gasteiger partial charge in [0.2, 0.25) is 0 Å². The maximum Gasteiger partial charge on any atom is 0.423 e. The highest BCUT2D eigenvalue weighted by atomic mass is 128. The van der Waals surface area contributed by atoms with E-state index in [2.05, 4.69) is 60.4 Å². The molecule has 0 fully saturated rings. The summed E-state index contributed by atoms with van der Waals surface area (Å²) in [7, 11) is 0. The first-order valence-electron chi connectivity index (χ1n) is 2.92. The molecule has 70 valence electrons. The predicted molar refractivity (Wildman–Crippen MR) is 77.6 cm³/mol. The molecule has 5 heteroatoms. The first-order chi connectivity index (χ1) is 4.13. The fourth-order valence-electron chi connectivity index (χ4n) is 0.544. The van der Waals surface area contributed by atoms with Gasteiger partial charge < -0.3 is 2.84 Å². The van der Waals surface area contributed by atoms with E-state index >= 15 is 0 Å². The SMILES string of the molecule is C.C.II.[CH3][Al]([CH3])[O][Al]([CH3])[CH3]. The van der Waals surface area contributed by atoms with Crippen molar-refractivity contribution >= 4 is 66.2 Å². The van der Waals surface area contributed by atoms with Crippen LogP contribution in [0.4, 0.5) is 0 Å². The van der Waals surface area contributed by atoms with E-state index in [4.69, 9.17) is 2.84 Å². The van der Waals surface area contributed by atoms with Gasteiger partial charge in [0.05, 0.1) is 0 Å². The lowest BCUT2D eigenvalue weighted by atomic mass is 11.9. The van der Waals surface area contributed by atoms with Gasteiger partial charge in [0.1, 0.15) is 0 Å². The molecule has 0 radical (unpaired) electrons. The Morgan fingerprint density at radius 1 is 0.818 bits per heavy atom. The zero-order valence-corrected chi connectivity index (χ0v) is 12.9. The third-order valence-corrected chi connectivity index (χ3v) is 4.90. The topological polar surface area (TPSA) is 9.23 Å². The van der Waals surface area contributed by atoms with E-state index in [9.17, 15) is 0 Å². The molecule has 0 saturated carbocycles. The average molecular weight is 416 g/mol. The summed E-state index contributed by atoms with van der Waals surface area (Å²) in [5.41, 5.74) is 0. The summed E-state index contributed by atoms with van der Waals surface area (Å²) in [6.07, 6.45) is 0. The fraction of sp³-hybridized carbons (Fsp3) is 1.00. The van der Waals surface area contributed by atoms with E-state index in [0.717, 1.165) is 0 Å². The van der Waals surface area contributed by atoms with Gasteiger partial charge in [-0.05, 0) is 0 Å². The van der Waals surface area contributed by atoms with Gasteiger partial charge in [0.15, 0.2) is 0 Å². The number of hydrogen-bond acceptors (Lipinski definition) is 1. The molecule has 0 aromatic carbocycles. The highest BCUT2D eigenvalue weighted by Crippen LogP contribution is 1.89. The van der Waals surface area contributed by atoms with Gasteiger partial charge in [-0.15, -0.1) is 0 Å². The van der Waals surface area contributed by atoms with Crippen LogP contribution in [-0.4, -0.2) is 29.0 Å². The Kier molecular flexibility index (Phi) is 38.9. The van der Waals surface area contributed by atoms with Crippen LogP contribution in [0.25, 0.3) is 0 Å². The minimum atomic E-state index is -0.667. The molecule has 0 saturated heterocycles. The molecule has 0 aliphatic heterocycles. The van der Waals surface area contributed by atoms with Crippen LogP contribution in [0.3, 0.4) is 0 Å². The zero-order chi connectivity index (χ0) is 7.86. The van der Waals surface area contributed by atoms with Crippen LogP contribution >= 0.6 is 37.2 Å². The summed E-state index contributed by atoms with van der Waals surface area (Å²) >= 11 is 2.91. The van der Waals surface area contributed by atoms with Crippen LogP contribution in [0.5, 0.6) is 0 Å². The van der Waals surface area contributed by atoms with Crippen molar-refractivity contribution in [2.75, 3.05) is 0 Å². The van der Waals surface area contributed by atoms with Crippen molar-refractivity contribution in [1.82, 2.24) is 0 Å². The summed E-state index contributed by atoms with van der Waals surface area (Å²) in [6.45, 7) is 0. The molecule has 0 N–H and O–H groups in total. The number of halogens is 2. The van der Waals surface area contributed by atoms with Crippen molar-refractivity contribution in [3.05, 3.63) is 0 Å². The Morgan fingerprint density at radius 3 is 1.00 bits per heavy atom. The molecule has 0 heterocycles. The number of rotatable bonds is 2. The summed E-state index contributed by atoms with van der Waals surface area (Å²) in [5.74, 6) is 8.86. The van der Waals surface area contributed by atoms with Crippen LogP contribution in [0, 0.1) is 0 Å². The van der Waals surface area contributed by atoms with E-state index in [1.54, 1.807) is 0 Å². The first kappa shape index (κ1) is 23.4. The molecule has 0 aliphatic carbocycles. The second-order valence-corrected chi connectivity index (χ2v) is 7.52. The van der Waals surface area contributed by atoms with Crippen LogP contribution in [0.1, 0.15) is 14.9 Å². The van der Waals surface area contributed by atoms with Crippen LogP contribution in [0.2, 0.25) is 23.1 Å². The maximum absolute atomic E-state index is 5.53. The Morgan fingerprint density at radius 2 is 1.00 bits per heavy atom. The van der Waals surface area contributed by atoms with Crippen LogP contribution in [-0.2, 0) is 2.84 Å². The molecule has 0 bridgehead atoms. The van der Waals surface area contributed by atoms with E-state index in [1.807, 2.05) is 0 Å². The van der Waals surface area contributed by atoms with Gasteiger partial charge in [-0.2, -0.15) is 0 Å². The lowest BCUT2D eigenvalue weighted by molar-refractivity contribution is 0.608. The second-order valence-electron chi connectivity index (χ2n) is 2.23. The van der Waals surface area contributed by atoms with Gasteiger partial charge >= 0.3 is 29.0 Å². The Bertz CT molecular complexity index is 47.8. The molecule has 0 atom stereocenters. The molecular formula is C6H20Al2I2O. The number of hydrogen-bond donors (Lipinski definition) is 0. The van der Waals surface area contributed by atoms with E-state index in [0.29, 0.717) is 0 Å². The third-order valence-electron chi connectivity index (χ3n) is 0.544. The second kappa shape index (κ2) is 18.3. The molecule has 1 nitrogen and oxygen atoms in total. The quantitative estimate of drug-likeness (QED) is 0.475. The van der Waals surface area contributed by atoms with Crippen molar-refractivity contribution in [3.8, 4) is 0 Å². The summed E-state index contributed by atoms with van der Waals surface area (Å²) in [6, 6.07) is 0. The van der Waals surface area contributed by atoms with Gasteiger partial charge in [0.25, 0.3) is 0 Å². The molecule has 0 unspecified atom stereocenters. The molecule has 0 aliphatic rings. The maximum atomic E-state index is 5.53. The minimum absolute atomic E-state index is 0. The van der Waals surface area contributed by atoms with Crippen molar-refractivity contribution < 1.29 is 2.84 Å². The van der Waals surface area contributed by atoms with E-state index in [1.165, 1.54) is 0 Å². The third kappa shape index (κ3) is 32.6. The minimum Gasteiger partial charge on any atom is -0.637 e.